The lowest BCUT2D eigenvalue weighted by atomic mass is 10.0. The second-order valence-electron chi connectivity index (χ2n) is 8.23. The summed E-state index contributed by atoms with van der Waals surface area (Å²) < 4.78 is 43.7. The standard InChI is InChI=1S/C22H26F3N3O2/c1-15-11-16-5-2-3-7-19(16)28(15)13-20-18(8-10-30-20)21(29)26-17-6-4-9-27(12-17)14-22(23,24)25/h2-3,5,7-8,10,15,17H,4,6,9,11-14H2,1H3,(H,26,29)/t15-,17-/m1/s1. The lowest BCUT2D eigenvalue weighted by Gasteiger charge is -2.33. The molecule has 0 bridgehead atoms. The fourth-order valence-electron chi connectivity index (χ4n) is 4.52. The Kier molecular flexibility index (Phi) is 5.77. The van der Waals surface area contributed by atoms with E-state index >= 15 is 0 Å². The number of amides is 1. The van der Waals surface area contributed by atoms with Gasteiger partial charge in [0.2, 0.25) is 0 Å². The topological polar surface area (TPSA) is 48.7 Å². The van der Waals surface area contributed by atoms with Gasteiger partial charge in [0.1, 0.15) is 5.76 Å². The van der Waals surface area contributed by atoms with Crippen LogP contribution in [0.25, 0.3) is 0 Å². The number of nitrogens with zero attached hydrogens (tertiary/aromatic N) is 2. The molecule has 1 aromatic carbocycles. The summed E-state index contributed by atoms with van der Waals surface area (Å²) in [5, 5.41) is 2.91. The Morgan fingerprint density at radius 1 is 1.27 bits per heavy atom. The molecule has 2 aliphatic rings. The minimum Gasteiger partial charge on any atom is -0.467 e. The molecule has 3 heterocycles. The number of alkyl halides is 3. The number of carbonyl (C=O) groups is 1. The number of hydrogen-bond acceptors (Lipinski definition) is 4. The van der Waals surface area contributed by atoms with Gasteiger partial charge in [0.25, 0.3) is 5.91 Å². The van der Waals surface area contributed by atoms with Gasteiger partial charge in [-0.3, -0.25) is 9.69 Å². The lowest BCUT2D eigenvalue weighted by molar-refractivity contribution is -0.148. The molecule has 1 fully saturated rings. The molecule has 162 valence electrons. The van der Waals surface area contributed by atoms with Gasteiger partial charge in [0, 0.05) is 24.3 Å². The SMILES string of the molecule is C[C@@H]1Cc2ccccc2N1Cc1occc1C(=O)N[C@@H]1CCCN(CC(F)(F)F)C1. The highest BCUT2D eigenvalue weighted by Crippen LogP contribution is 2.33. The first-order chi connectivity index (χ1) is 14.3. The number of likely N-dealkylation sites (tertiary alicyclic amines) is 1. The van der Waals surface area contributed by atoms with Crippen molar-refractivity contribution in [3.8, 4) is 0 Å². The van der Waals surface area contributed by atoms with E-state index in [0.717, 1.165) is 12.1 Å². The van der Waals surface area contributed by atoms with Gasteiger partial charge in [0.15, 0.2) is 0 Å². The van der Waals surface area contributed by atoms with Crippen molar-refractivity contribution >= 4 is 11.6 Å². The molecular weight excluding hydrogens is 395 g/mol. The molecule has 4 rings (SSSR count). The Labute approximate surface area is 173 Å². The summed E-state index contributed by atoms with van der Waals surface area (Å²) >= 11 is 0. The number of anilines is 1. The van der Waals surface area contributed by atoms with Crippen LogP contribution >= 0.6 is 0 Å². The van der Waals surface area contributed by atoms with Crippen LogP contribution in [0.15, 0.2) is 41.0 Å². The molecule has 2 atom stereocenters. The number of benzene rings is 1. The van der Waals surface area contributed by atoms with E-state index in [0.29, 0.717) is 37.3 Å². The first-order valence-electron chi connectivity index (χ1n) is 10.3. The van der Waals surface area contributed by atoms with Gasteiger partial charge in [-0.2, -0.15) is 13.2 Å². The molecule has 0 aliphatic carbocycles. The third kappa shape index (κ3) is 4.64. The fourth-order valence-corrected chi connectivity index (χ4v) is 4.52. The van der Waals surface area contributed by atoms with E-state index < -0.39 is 12.7 Å². The monoisotopic (exact) mass is 421 g/mol. The highest BCUT2D eigenvalue weighted by molar-refractivity contribution is 5.95. The molecule has 1 N–H and O–H groups in total. The molecule has 0 saturated carbocycles. The minimum atomic E-state index is -4.23. The maximum absolute atomic E-state index is 12.9. The molecule has 1 aromatic heterocycles. The van der Waals surface area contributed by atoms with Crippen LogP contribution in [0.4, 0.5) is 18.9 Å². The Hall–Kier alpha value is -2.48. The summed E-state index contributed by atoms with van der Waals surface area (Å²) in [5.41, 5.74) is 2.86. The average Bonchev–Trinajstić information content (AvgIpc) is 3.26. The van der Waals surface area contributed by atoms with Gasteiger partial charge >= 0.3 is 6.18 Å². The molecule has 2 aliphatic heterocycles. The van der Waals surface area contributed by atoms with Crippen LogP contribution in [0, 0.1) is 0 Å². The van der Waals surface area contributed by atoms with Crippen molar-refractivity contribution in [1.82, 2.24) is 10.2 Å². The van der Waals surface area contributed by atoms with Crippen LogP contribution < -0.4 is 10.2 Å². The lowest BCUT2D eigenvalue weighted by Crippen LogP contribution is -2.50. The quantitative estimate of drug-likeness (QED) is 0.793. The van der Waals surface area contributed by atoms with Crippen molar-refractivity contribution in [1.29, 1.82) is 0 Å². The normalized spacial score (nSPS) is 22.2. The average molecular weight is 421 g/mol. The molecule has 1 amide bonds. The van der Waals surface area contributed by atoms with Crippen molar-refractivity contribution < 1.29 is 22.4 Å². The van der Waals surface area contributed by atoms with Crippen molar-refractivity contribution in [2.75, 3.05) is 24.5 Å². The zero-order valence-electron chi connectivity index (χ0n) is 16.9. The maximum atomic E-state index is 12.9. The number of furan rings is 1. The minimum absolute atomic E-state index is 0.203. The van der Waals surface area contributed by atoms with E-state index in [1.165, 1.54) is 16.7 Å². The first kappa shape index (κ1) is 20.8. The number of hydrogen-bond donors (Lipinski definition) is 1. The van der Waals surface area contributed by atoms with E-state index in [2.05, 4.69) is 29.3 Å². The van der Waals surface area contributed by atoms with Gasteiger partial charge in [-0.15, -0.1) is 0 Å². The van der Waals surface area contributed by atoms with E-state index in [1.807, 2.05) is 12.1 Å². The summed E-state index contributed by atoms with van der Waals surface area (Å²) in [6.45, 7) is 2.27. The number of para-hydroxylation sites is 1. The number of piperidine rings is 1. The highest BCUT2D eigenvalue weighted by Gasteiger charge is 2.34. The number of nitrogens with one attached hydrogen (secondary N) is 1. The molecule has 0 radical (unpaired) electrons. The smallest absolute Gasteiger partial charge is 0.401 e. The second-order valence-corrected chi connectivity index (χ2v) is 8.23. The zero-order chi connectivity index (χ0) is 21.3. The van der Waals surface area contributed by atoms with E-state index in [1.54, 1.807) is 6.07 Å². The molecule has 8 heteroatoms. The largest absolute Gasteiger partial charge is 0.467 e. The summed E-state index contributed by atoms with van der Waals surface area (Å²) in [6.07, 6.45) is -0.499. The zero-order valence-corrected chi connectivity index (χ0v) is 16.9. The second kappa shape index (κ2) is 8.34. The third-order valence-corrected chi connectivity index (χ3v) is 5.90. The number of carbonyl (C=O) groups excluding carboxylic acids is 1. The van der Waals surface area contributed by atoms with Gasteiger partial charge < -0.3 is 14.6 Å². The summed E-state index contributed by atoms with van der Waals surface area (Å²) in [4.78, 5) is 16.4. The fraction of sp³-hybridized carbons (Fsp3) is 0.500. The van der Waals surface area contributed by atoms with Crippen LogP contribution in [0.5, 0.6) is 0 Å². The van der Waals surface area contributed by atoms with Gasteiger partial charge in [-0.25, -0.2) is 0 Å². The summed E-state index contributed by atoms with van der Waals surface area (Å²) in [7, 11) is 0. The first-order valence-corrected chi connectivity index (χ1v) is 10.3. The molecule has 0 spiro atoms. The van der Waals surface area contributed by atoms with Crippen LogP contribution in [0.1, 0.15) is 41.4 Å². The predicted octanol–water partition coefficient (Wildman–Crippen LogP) is 3.99. The highest BCUT2D eigenvalue weighted by atomic mass is 19.4. The van der Waals surface area contributed by atoms with E-state index in [9.17, 15) is 18.0 Å². The van der Waals surface area contributed by atoms with Crippen molar-refractivity contribution in [2.24, 2.45) is 0 Å². The van der Waals surface area contributed by atoms with Gasteiger partial charge in [-0.1, -0.05) is 18.2 Å². The van der Waals surface area contributed by atoms with Gasteiger partial charge in [0.05, 0.1) is 24.9 Å². The van der Waals surface area contributed by atoms with Gasteiger partial charge in [-0.05, 0) is 50.4 Å². The number of rotatable bonds is 5. The molecule has 1 saturated heterocycles. The Morgan fingerprint density at radius 2 is 2.07 bits per heavy atom. The van der Waals surface area contributed by atoms with Crippen LogP contribution in [0.3, 0.4) is 0 Å². The van der Waals surface area contributed by atoms with Crippen LogP contribution in [0.2, 0.25) is 0 Å². The van der Waals surface area contributed by atoms with Crippen molar-refractivity contribution in [3.63, 3.8) is 0 Å². The van der Waals surface area contributed by atoms with Crippen molar-refractivity contribution in [2.45, 2.75) is 51.0 Å². The van der Waals surface area contributed by atoms with Crippen LogP contribution in [-0.2, 0) is 13.0 Å². The molecule has 2 aromatic rings. The number of fused-ring (bicyclic) bond motifs is 1. The Morgan fingerprint density at radius 3 is 2.87 bits per heavy atom. The summed E-state index contributed by atoms with van der Waals surface area (Å²) in [5.74, 6) is 0.275. The number of halogens is 3. The van der Waals surface area contributed by atoms with E-state index in [4.69, 9.17) is 4.42 Å². The Balaban J connectivity index is 1.41. The Bertz CT molecular complexity index is 896. The summed E-state index contributed by atoms with van der Waals surface area (Å²) in [6, 6.07) is 9.81. The predicted molar refractivity (Wildman–Crippen MR) is 107 cm³/mol. The molecule has 0 unspecified atom stereocenters. The molecular formula is C22H26F3N3O2. The maximum Gasteiger partial charge on any atom is 0.401 e. The van der Waals surface area contributed by atoms with Crippen molar-refractivity contribution in [3.05, 3.63) is 53.5 Å². The molecule has 30 heavy (non-hydrogen) atoms. The molecule has 5 nitrogen and oxygen atoms in total. The van der Waals surface area contributed by atoms with Crippen LogP contribution in [-0.4, -0.2) is 48.7 Å². The van der Waals surface area contributed by atoms with E-state index in [-0.39, 0.29) is 24.5 Å². The third-order valence-electron chi connectivity index (χ3n) is 5.90.